The predicted octanol–water partition coefficient (Wildman–Crippen LogP) is 4.72. The molecule has 0 aliphatic carbocycles. The molecule has 0 radical (unpaired) electrons. The van der Waals surface area contributed by atoms with E-state index in [2.05, 4.69) is 0 Å². The SMILES string of the molecule is CCOc1cccc(C(O)=C2C(=O)C(=O)N(Cc3ccccc3)C2c2cccc(OC)c2)c1. The summed E-state index contributed by atoms with van der Waals surface area (Å²) in [6.07, 6.45) is 0. The van der Waals surface area contributed by atoms with E-state index in [1.165, 1.54) is 4.90 Å². The highest BCUT2D eigenvalue weighted by molar-refractivity contribution is 6.46. The fourth-order valence-corrected chi connectivity index (χ4v) is 4.04. The van der Waals surface area contributed by atoms with Crippen LogP contribution in [0.25, 0.3) is 5.76 Å². The Morgan fingerprint density at radius 3 is 2.39 bits per heavy atom. The second kappa shape index (κ2) is 9.61. The van der Waals surface area contributed by atoms with E-state index in [0.29, 0.717) is 29.2 Å². The van der Waals surface area contributed by atoms with Crippen LogP contribution in [-0.4, -0.2) is 35.4 Å². The van der Waals surface area contributed by atoms with Crippen molar-refractivity contribution in [2.24, 2.45) is 0 Å². The monoisotopic (exact) mass is 443 g/mol. The number of hydrogen-bond donors (Lipinski definition) is 1. The first-order chi connectivity index (χ1) is 16.0. The van der Waals surface area contributed by atoms with Gasteiger partial charge >= 0.3 is 0 Å². The minimum Gasteiger partial charge on any atom is -0.507 e. The van der Waals surface area contributed by atoms with Crippen LogP contribution in [0.15, 0.2) is 84.4 Å². The molecule has 0 spiro atoms. The van der Waals surface area contributed by atoms with E-state index in [1.54, 1.807) is 49.6 Å². The van der Waals surface area contributed by atoms with Crippen LogP contribution in [0.2, 0.25) is 0 Å². The number of ether oxygens (including phenoxy) is 2. The van der Waals surface area contributed by atoms with Crippen molar-refractivity contribution in [1.82, 2.24) is 4.90 Å². The fourth-order valence-electron chi connectivity index (χ4n) is 4.04. The van der Waals surface area contributed by atoms with Gasteiger partial charge < -0.3 is 19.5 Å². The standard InChI is InChI=1S/C27H25NO5/c1-3-33-22-14-8-12-20(16-22)25(29)23-24(19-11-7-13-21(15-19)32-2)28(27(31)26(23)30)17-18-9-5-4-6-10-18/h4-16,24,29H,3,17H2,1-2H3. The van der Waals surface area contributed by atoms with Crippen LogP contribution >= 0.6 is 0 Å². The molecule has 1 atom stereocenters. The second-order valence-electron chi connectivity index (χ2n) is 7.65. The zero-order chi connectivity index (χ0) is 23.4. The molecule has 33 heavy (non-hydrogen) atoms. The third-order valence-corrected chi connectivity index (χ3v) is 5.56. The topological polar surface area (TPSA) is 76.1 Å². The van der Waals surface area contributed by atoms with Crippen molar-refractivity contribution in [3.63, 3.8) is 0 Å². The summed E-state index contributed by atoms with van der Waals surface area (Å²) in [5, 5.41) is 11.2. The number of methoxy groups -OCH3 is 1. The van der Waals surface area contributed by atoms with Crippen molar-refractivity contribution < 1.29 is 24.2 Å². The first kappa shape index (κ1) is 22.1. The zero-order valence-corrected chi connectivity index (χ0v) is 18.5. The zero-order valence-electron chi connectivity index (χ0n) is 18.5. The number of rotatable bonds is 7. The molecule has 1 amide bonds. The Morgan fingerprint density at radius 2 is 1.67 bits per heavy atom. The van der Waals surface area contributed by atoms with Crippen molar-refractivity contribution in [2.45, 2.75) is 19.5 Å². The quantitative estimate of drug-likeness (QED) is 0.325. The van der Waals surface area contributed by atoms with Gasteiger partial charge in [0.25, 0.3) is 11.7 Å². The third kappa shape index (κ3) is 4.46. The number of aliphatic hydroxyl groups is 1. The van der Waals surface area contributed by atoms with Crippen molar-refractivity contribution in [3.8, 4) is 11.5 Å². The van der Waals surface area contributed by atoms with Gasteiger partial charge in [-0.3, -0.25) is 9.59 Å². The van der Waals surface area contributed by atoms with E-state index in [9.17, 15) is 14.7 Å². The van der Waals surface area contributed by atoms with Crippen molar-refractivity contribution in [2.75, 3.05) is 13.7 Å². The average Bonchev–Trinajstić information content (AvgIpc) is 3.09. The number of carbonyl (C=O) groups excluding carboxylic acids is 2. The Morgan fingerprint density at radius 1 is 0.939 bits per heavy atom. The van der Waals surface area contributed by atoms with Crippen LogP contribution in [0, 0.1) is 0 Å². The maximum Gasteiger partial charge on any atom is 0.295 e. The largest absolute Gasteiger partial charge is 0.507 e. The Balaban J connectivity index is 1.86. The number of hydrogen-bond acceptors (Lipinski definition) is 5. The van der Waals surface area contributed by atoms with Gasteiger partial charge in [0, 0.05) is 12.1 Å². The lowest BCUT2D eigenvalue weighted by molar-refractivity contribution is -0.140. The highest BCUT2D eigenvalue weighted by Crippen LogP contribution is 2.41. The minimum absolute atomic E-state index is 0.0397. The van der Waals surface area contributed by atoms with Gasteiger partial charge in [-0.2, -0.15) is 0 Å². The van der Waals surface area contributed by atoms with Gasteiger partial charge in [0.1, 0.15) is 17.3 Å². The van der Waals surface area contributed by atoms with Gasteiger partial charge in [-0.25, -0.2) is 0 Å². The van der Waals surface area contributed by atoms with Crippen molar-refractivity contribution in [3.05, 3.63) is 101 Å². The molecular formula is C27H25NO5. The molecule has 168 valence electrons. The lowest BCUT2D eigenvalue weighted by Crippen LogP contribution is -2.29. The summed E-state index contributed by atoms with van der Waals surface area (Å²) in [4.78, 5) is 27.8. The molecule has 4 rings (SSSR count). The van der Waals surface area contributed by atoms with Gasteiger partial charge in [-0.1, -0.05) is 54.6 Å². The minimum atomic E-state index is -0.768. The van der Waals surface area contributed by atoms with E-state index in [0.717, 1.165) is 5.56 Å². The molecule has 1 aliphatic heterocycles. The molecule has 1 aliphatic rings. The summed E-state index contributed by atoms with van der Waals surface area (Å²) in [5.74, 6) is -0.459. The first-order valence-corrected chi connectivity index (χ1v) is 10.7. The third-order valence-electron chi connectivity index (χ3n) is 5.56. The number of ketones is 1. The van der Waals surface area contributed by atoms with Gasteiger partial charge in [0.05, 0.1) is 25.3 Å². The number of benzene rings is 3. The van der Waals surface area contributed by atoms with Crippen molar-refractivity contribution >= 4 is 17.4 Å². The molecule has 1 fully saturated rings. The van der Waals surface area contributed by atoms with Crippen molar-refractivity contribution in [1.29, 1.82) is 0 Å². The molecule has 3 aromatic carbocycles. The Hall–Kier alpha value is -4.06. The van der Waals surface area contributed by atoms with Crippen LogP contribution in [0.1, 0.15) is 29.7 Å². The number of likely N-dealkylation sites (tertiary alicyclic amines) is 1. The molecule has 0 aromatic heterocycles. The lowest BCUT2D eigenvalue weighted by Gasteiger charge is -2.25. The van der Waals surface area contributed by atoms with E-state index in [4.69, 9.17) is 9.47 Å². The molecule has 6 nitrogen and oxygen atoms in total. The number of Topliss-reactive ketones (excluding diaryl/α,β-unsaturated/α-hetero) is 1. The van der Waals surface area contributed by atoms with E-state index >= 15 is 0 Å². The number of nitrogens with zero attached hydrogens (tertiary/aromatic N) is 1. The van der Waals surface area contributed by atoms with Gasteiger partial charge in [0.15, 0.2) is 0 Å². The average molecular weight is 443 g/mol. The second-order valence-corrected chi connectivity index (χ2v) is 7.65. The predicted molar refractivity (Wildman–Crippen MR) is 125 cm³/mol. The summed E-state index contributed by atoms with van der Waals surface area (Å²) < 4.78 is 10.9. The van der Waals surface area contributed by atoms with Gasteiger partial charge in [-0.15, -0.1) is 0 Å². The van der Waals surface area contributed by atoms with E-state index < -0.39 is 17.7 Å². The molecule has 6 heteroatoms. The summed E-state index contributed by atoms with van der Waals surface area (Å²) in [6, 6.07) is 22.7. The molecule has 1 heterocycles. The maximum atomic E-state index is 13.2. The molecule has 0 saturated carbocycles. The van der Waals surface area contributed by atoms with Gasteiger partial charge in [0.2, 0.25) is 0 Å². The van der Waals surface area contributed by atoms with E-state index in [1.807, 2.05) is 43.3 Å². The van der Waals surface area contributed by atoms with Crippen LogP contribution in [-0.2, 0) is 16.1 Å². The normalized spacial score (nSPS) is 17.3. The highest BCUT2D eigenvalue weighted by Gasteiger charge is 2.46. The number of aliphatic hydroxyl groups excluding tert-OH is 1. The molecular weight excluding hydrogens is 418 g/mol. The number of amides is 1. The van der Waals surface area contributed by atoms with Crippen LogP contribution < -0.4 is 9.47 Å². The van der Waals surface area contributed by atoms with Crippen LogP contribution in [0.3, 0.4) is 0 Å². The Bertz CT molecular complexity index is 1200. The summed E-state index contributed by atoms with van der Waals surface area (Å²) >= 11 is 0. The highest BCUT2D eigenvalue weighted by atomic mass is 16.5. The molecule has 1 unspecified atom stereocenters. The van der Waals surface area contributed by atoms with E-state index in [-0.39, 0.29) is 17.9 Å². The Labute approximate surface area is 192 Å². The maximum absolute atomic E-state index is 13.2. The lowest BCUT2D eigenvalue weighted by atomic mass is 9.95. The Kier molecular flexibility index (Phi) is 6.45. The number of carbonyl (C=O) groups is 2. The molecule has 0 bridgehead atoms. The van der Waals surface area contributed by atoms with Crippen LogP contribution in [0.5, 0.6) is 11.5 Å². The molecule has 1 N–H and O–H groups in total. The summed E-state index contributed by atoms with van der Waals surface area (Å²) in [6.45, 7) is 2.56. The summed E-state index contributed by atoms with van der Waals surface area (Å²) in [7, 11) is 1.55. The molecule has 3 aromatic rings. The molecule has 1 saturated heterocycles. The summed E-state index contributed by atoms with van der Waals surface area (Å²) in [5.41, 5.74) is 2.00. The first-order valence-electron chi connectivity index (χ1n) is 10.7. The smallest absolute Gasteiger partial charge is 0.295 e. The fraction of sp³-hybridized carbons (Fsp3) is 0.185. The van der Waals surface area contributed by atoms with Gasteiger partial charge in [-0.05, 0) is 42.3 Å². The van der Waals surface area contributed by atoms with Crippen LogP contribution in [0.4, 0.5) is 0 Å².